The minimum atomic E-state index is -0.553. The van der Waals surface area contributed by atoms with Gasteiger partial charge in [0.05, 0.1) is 5.75 Å². The number of carbonyl (C=O) groups excluding carboxylic acids is 1. The largest absolute Gasteiger partial charge is 0.647 e. The minimum absolute atomic E-state index is 0.0546. The highest BCUT2D eigenvalue weighted by Crippen LogP contribution is 2.31. The zero-order valence-corrected chi connectivity index (χ0v) is 20.2. The number of H-pyrrole nitrogens is 1. The molecule has 9 nitrogen and oxygen atoms in total. The Morgan fingerprint density at radius 2 is 2.00 bits per heavy atom. The third kappa shape index (κ3) is 4.45. The van der Waals surface area contributed by atoms with Gasteiger partial charge in [0, 0.05) is 24.6 Å². The number of aromatic amines is 1. The fourth-order valence-electron chi connectivity index (χ4n) is 3.86. The van der Waals surface area contributed by atoms with E-state index in [1.807, 2.05) is 45.0 Å². The summed E-state index contributed by atoms with van der Waals surface area (Å²) in [6.45, 7) is 6.67. The molecule has 10 heteroatoms. The standard InChI is InChI=1S/C21H25N5O4.Al.2H/c1-21(2,3)30-20(29)25-10-4-5-14(11-25)18-24-16(13-6-8-15(27)9-7-13)17-19(28)22-12-23-26(17)18;;;/h6-9,12,14,27H,4-5,10-11H2,1-3H3,(H,22,23,28);;;/q;+1;;/p-1. The summed E-state index contributed by atoms with van der Waals surface area (Å²) in [7, 11) is 0. The van der Waals surface area contributed by atoms with Gasteiger partial charge < -0.3 is 18.4 Å². The molecule has 1 saturated heterocycles. The topological polar surface area (TPSA) is 102 Å². The molecule has 1 unspecified atom stereocenters. The van der Waals surface area contributed by atoms with Crippen molar-refractivity contribution in [3.05, 3.63) is 46.8 Å². The van der Waals surface area contributed by atoms with Crippen molar-refractivity contribution in [2.45, 2.75) is 45.1 Å². The number of imidazole rings is 1. The van der Waals surface area contributed by atoms with E-state index in [0.29, 0.717) is 46.7 Å². The van der Waals surface area contributed by atoms with E-state index in [1.54, 1.807) is 9.42 Å². The molecular weight excluding hydrogens is 413 g/mol. The molecule has 0 spiro atoms. The lowest BCUT2D eigenvalue weighted by Gasteiger charge is -2.33. The minimum Gasteiger partial charge on any atom is -0.647 e. The molecule has 0 bridgehead atoms. The van der Waals surface area contributed by atoms with Crippen LogP contribution in [0.2, 0.25) is 0 Å². The summed E-state index contributed by atoms with van der Waals surface area (Å²) in [6.07, 6.45) is 2.71. The number of ether oxygens (including phenoxy) is 1. The van der Waals surface area contributed by atoms with E-state index in [-0.39, 0.29) is 17.6 Å². The number of carbonyl (C=O) groups is 1. The van der Waals surface area contributed by atoms with Crippen LogP contribution in [-0.2, 0) is 4.74 Å². The van der Waals surface area contributed by atoms with E-state index in [1.165, 1.54) is 6.33 Å². The van der Waals surface area contributed by atoms with Gasteiger partial charge in [0.2, 0.25) is 0 Å². The molecule has 1 aromatic carbocycles. The number of benzene rings is 1. The summed E-state index contributed by atoms with van der Waals surface area (Å²) in [5.41, 5.74) is 0.962. The number of hydrogen-bond donors (Lipinski definition) is 1. The first kappa shape index (κ1) is 21.4. The van der Waals surface area contributed by atoms with Gasteiger partial charge in [-0.15, -0.1) is 0 Å². The Kier molecular flexibility index (Phi) is 5.78. The highest BCUT2D eigenvalue weighted by molar-refractivity contribution is 6.00. The molecule has 0 radical (unpaired) electrons. The van der Waals surface area contributed by atoms with E-state index >= 15 is 0 Å². The normalized spacial score (nSPS) is 17.0. The van der Waals surface area contributed by atoms with Crippen LogP contribution in [0, 0.1) is 0 Å². The molecule has 31 heavy (non-hydrogen) atoms. The molecule has 3 aromatic rings. The Morgan fingerprint density at radius 3 is 2.68 bits per heavy atom. The number of hydrogen-bond acceptors (Lipinski definition) is 6. The smallest absolute Gasteiger partial charge is 0.496 e. The van der Waals surface area contributed by atoms with Crippen LogP contribution in [0.5, 0.6) is 5.75 Å². The number of rotatable bonds is 3. The maximum Gasteiger partial charge on any atom is 0.496 e. The van der Waals surface area contributed by atoms with E-state index in [9.17, 15) is 9.59 Å². The van der Waals surface area contributed by atoms with Crippen LogP contribution < -0.4 is 9.35 Å². The van der Waals surface area contributed by atoms with Gasteiger partial charge in [-0.1, -0.05) is 0 Å². The molecule has 1 amide bonds. The Labute approximate surface area is 188 Å². The lowest BCUT2D eigenvalue weighted by atomic mass is 9.97. The summed E-state index contributed by atoms with van der Waals surface area (Å²) in [6, 6.07) is 7.50. The SMILES string of the molecule is CC(C)(C)OC(=O)N1CCCC(c2nc(-c3ccc([O][AlH2])cc3)c3c(=O)[nH]cnn23)C1. The molecule has 2 aromatic heterocycles. The van der Waals surface area contributed by atoms with E-state index < -0.39 is 5.60 Å². The van der Waals surface area contributed by atoms with Crippen LogP contribution in [0.15, 0.2) is 35.4 Å². The molecule has 0 saturated carbocycles. The van der Waals surface area contributed by atoms with Gasteiger partial charge in [-0.2, -0.15) is 5.10 Å². The van der Waals surface area contributed by atoms with Crippen molar-refractivity contribution >= 4 is 28.2 Å². The first-order chi connectivity index (χ1) is 14.8. The zero-order chi connectivity index (χ0) is 22.2. The van der Waals surface area contributed by atoms with Crippen LogP contribution in [0.25, 0.3) is 16.8 Å². The highest BCUT2D eigenvalue weighted by Gasteiger charge is 2.31. The summed E-state index contributed by atoms with van der Waals surface area (Å²) in [5, 5.41) is 4.37. The second kappa shape index (κ2) is 8.36. The van der Waals surface area contributed by atoms with E-state index in [2.05, 4.69) is 10.1 Å². The number of amides is 1. The predicted octanol–water partition coefficient (Wildman–Crippen LogP) is 2.13. The van der Waals surface area contributed by atoms with Gasteiger partial charge in [-0.05, 0) is 57.9 Å². The molecule has 1 aliphatic rings. The fourth-order valence-corrected chi connectivity index (χ4v) is 4.13. The van der Waals surface area contributed by atoms with Crippen LogP contribution in [-0.4, -0.2) is 65.9 Å². The monoisotopic (exact) mass is 439 g/mol. The average Bonchev–Trinajstić information content (AvgIpc) is 3.14. The van der Waals surface area contributed by atoms with Crippen molar-refractivity contribution in [3.8, 4) is 17.0 Å². The predicted molar refractivity (Wildman–Crippen MR) is 118 cm³/mol. The summed E-state index contributed by atoms with van der Waals surface area (Å²) >= 11 is 0.605. The van der Waals surface area contributed by atoms with Gasteiger partial charge in [0.15, 0.2) is 5.52 Å². The van der Waals surface area contributed by atoms with Gasteiger partial charge in [-0.3, -0.25) is 4.79 Å². The first-order valence-electron chi connectivity index (χ1n) is 10.4. The Hall–Kier alpha value is -2.83. The number of nitrogens with one attached hydrogen (secondary N) is 1. The van der Waals surface area contributed by atoms with Gasteiger partial charge in [0.25, 0.3) is 5.56 Å². The molecule has 4 rings (SSSR count). The number of likely N-dealkylation sites (tertiary alicyclic amines) is 1. The lowest BCUT2D eigenvalue weighted by Crippen LogP contribution is -2.42. The Bertz CT molecular complexity index is 1150. The second-order valence-electron chi connectivity index (χ2n) is 8.69. The molecule has 1 aliphatic heterocycles. The Balaban J connectivity index is 1.72. The van der Waals surface area contributed by atoms with E-state index in [4.69, 9.17) is 13.5 Å². The second-order valence-corrected chi connectivity index (χ2v) is 9.10. The summed E-state index contributed by atoms with van der Waals surface area (Å²) in [4.78, 5) is 34.4. The molecule has 0 aliphatic carbocycles. The third-order valence-electron chi connectivity index (χ3n) is 5.27. The third-order valence-corrected chi connectivity index (χ3v) is 5.74. The van der Waals surface area contributed by atoms with Crippen molar-refractivity contribution in [1.29, 1.82) is 0 Å². The maximum absolute atomic E-state index is 12.7. The number of piperidine rings is 1. The van der Waals surface area contributed by atoms with Crippen molar-refractivity contribution in [2.24, 2.45) is 0 Å². The number of fused-ring (bicyclic) bond motifs is 1. The lowest BCUT2D eigenvalue weighted by molar-refractivity contribution is 0.0195. The number of nitrogens with zero attached hydrogens (tertiary/aromatic N) is 4. The number of aromatic nitrogens is 4. The maximum atomic E-state index is 12.7. The average molecular weight is 439 g/mol. The van der Waals surface area contributed by atoms with Gasteiger partial charge in [-0.25, -0.2) is 14.3 Å². The first-order valence-corrected chi connectivity index (χ1v) is 11.2. The van der Waals surface area contributed by atoms with Gasteiger partial charge >= 0.3 is 22.7 Å². The molecule has 1 atom stereocenters. The van der Waals surface area contributed by atoms with Crippen LogP contribution in [0.4, 0.5) is 4.79 Å². The van der Waals surface area contributed by atoms with Crippen molar-refractivity contribution in [2.75, 3.05) is 13.1 Å². The molecule has 1 N–H and O–H groups in total. The fraction of sp³-hybridized carbons (Fsp3) is 0.429. The molecule has 162 valence electrons. The van der Waals surface area contributed by atoms with Crippen LogP contribution in [0.1, 0.15) is 45.4 Å². The summed E-state index contributed by atoms with van der Waals surface area (Å²) in [5.74, 6) is 1.40. The van der Waals surface area contributed by atoms with Crippen LogP contribution in [0.3, 0.4) is 0 Å². The molecule has 3 heterocycles. The van der Waals surface area contributed by atoms with Crippen molar-refractivity contribution in [3.63, 3.8) is 0 Å². The van der Waals surface area contributed by atoms with Crippen molar-refractivity contribution < 1.29 is 13.3 Å². The van der Waals surface area contributed by atoms with Crippen LogP contribution >= 0.6 is 0 Å². The van der Waals surface area contributed by atoms with Gasteiger partial charge in [0.1, 0.15) is 23.4 Å². The zero-order valence-electron chi connectivity index (χ0n) is 18.2. The summed E-state index contributed by atoms with van der Waals surface area (Å²) < 4.78 is 12.5. The molecular formula is C21H26AlN5O4. The molecule has 1 fully saturated rings. The quantitative estimate of drug-likeness (QED) is 0.628. The highest BCUT2D eigenvalue weighted by atomic mass is 27.1. The van der Waals surface area contributed by atoms with Crippen molar-refractivity contribution in [1.82, 2.24) is 24.5 Å². The van der Waals surface area contributed by atoms with E-state index in [0.717, 1.165) is 24.2 Å². The Morgan fingerprint density at radius 1 is 1.26 bits per heavy atom.